The lowest BCUT2D eigenvalue weighted by atomic mass is 10.0. The summed E-state index contributed by atoms with van der Waals surface area (Å²) in [5.41, 5.74) is 4.17. The second-order valence-corrected chi connectivity index (χ2v) is 4.18. The maximum Gasteiger partial charge on any atom is 0.224 e. The van der Waals surface area contributed by atoms with Gasteiger partial charge in [0.1, 0.15) is 11.8 Å². The van der Waals surface area contributed by atoms with Crippen molar-refractivity contribution in [2.45, 2.75) is 13.8 Å². The molecule has 1 aromatic heterocycles. The van der Waals surface area contributed by atoms with E-state index in [1.165, 1.54) is 0 Å². The molecule has 0 saturated heterocycles. The van der Waals surface area contributed by atoms with Crippen molar-refractivity contribution >= 4 is 11.6 Å². The van der Waals surface area contributed by atoms with Crippen LogP contribution in [0.5, 0.6) is 0 Å². The molecule has 0 bridgehead atoms. The van der Waals surface area contributed by atoms with Gasteiger partial charge < -0.3 is 0 Å². The Morgan fingerprint density at radius 2 is 1.94 bits per heavy atom. The maximum atomic E-state index is 8.86. The van der Waals surface area contributed by atoms with E-state index in [4.69, 9.17) is 16.9 Å². The van der Waals surface area contributed by atoms with Crippen LogP contribution in [0, 0.1) is 25.2 Å². The summed E-state index contributed by atoms with van der Waals surface area (Å²) < 4.78 is 0. The van der Waals surface area contributed by atoms with Gasteiger partial charge in [-0.1, -0.05) is 17.7 Å². The van der Waals surface area contributed by atoms with Gasteiger partial charge in [0.15, 0.2) is 0 Å². The number of halogens is 1. The van der Waals surface area contributed by atoms with Gasteiger partial charge in [0.25, 0.3) is 0 Å². The molecule has 2 rings (SSSR count). The van der Waals surface area contributed by atoms with E-state index >= 15 is 0 Å². The van der Waals surface area contributed by atoms with E-state index in [0.717, 1.165) is 16.7 Å². The molecule has 0 spiro atoms. The molecule has 1 aromatic carbocycles. The normalized spacial score (nSPS) is 10.0. The minimum absolute atomic E-state index is 0.0972. The molecule has 17 heavy (non-hydrogen) atoms. The molecule has 0 aliphatic carbocycles. The fraction of sp³-hybridized carbons (Fsp3) is 0.154. The molecule has 0 amide bonds. The monoisotopic (exact) mass is 243 g/mol. The zero-order valence-corrected chi connectivity index (χ0v) is 10.3. The largest absolute Gasteiger partial charge is 0.224 e. The second-order valence-electron chi connectivity index (χ2n) is 3.84. The first-order valence-corrected chi connectivity index (χ1v) is 5.50. The highest BCUT2D eigenvalue weighted by molar-refractivity contribution is 6.28. The van der Waals surface area contributed by atoms with Gasteiger partial charge in [0.05, 0.1) is 5.69 Å². The number of nitrogens with zero attached hydrogens (tertiary/aromatic N) is 3. The van der Waals surface area contributed by atoms with Crippen LogP contribution in [-0.2, 0) is 0 Å². The summed E-state index contributed by atoms with van der Waals surface area (Å²) in [5.74, 6) is 0. The lowest BCUT2D eigenvalue weighted by molar-refractivity contribution is 1.14. The first-order valence-electron chi connectivity index (χ1n) is 5.12. The van der Waals surface area contributed by atoms with Crippen LogP contribution >= 0.6 is 11.6 Å². The quantitative estimate of drug-likeness (QED) is 0.722. The summed E-state index contributed by atoms with van der Waals surface area (Å²) >= 11 is 5.80. The Morgan fingerprint density at radius 1 is 1.18 bits per heavy atom. The van der Waals surface area contributed by atoms with E-state index in [1.54, 1.807) is 6.07 Å². The summed E-state index contributed by atoms with van der Waals surface area (Å²) in [5, 5.41) is 8.96. The van der Waals surface area contributed by atoms with E-state index in [2.05, 4.69) is 9.97 Å². The van der Waals surface area contributed by atoms with Crippen molar-refractivity contribution in [3.05, 3.63) is 46.4 Å². The van der Waals surface area contributed by atoms with Crippen molar-refractivity contribution in [3.8, 4) is 17.3 Å². The Labute approximate surface area is 105 Å². The third kappa shape index (κ3) is 2.43. The number of hydrogen-bond donors (Lipinski definition) is 0. The average molecular weight is 244 g/mol. The summed E-state index contributed by atoms with van der Waals surface area (Å²) in [6.45, 7) is 4.01. The van der Waals surface area contributed by atoms with Gasteiger partial charge in [0, 0.05) is 11.6 Å². The molecule has 0 saturated carbocycles. The third-order valence-corrected chi connectivity index (χ3v) is 2.65. The van der Waals surface area contributed by atoms with Crippen molar-refractivity contribution < 1.29 is 0 Å². The van der Waals surface area contributed by atoms with Crippen molar-refractivity contribution in [3.63, 3.8) is 0 Å². The maximum absolute atomic E-state index is 8.86. The highest BCUT2D eigenvalue weighted by atomic mass is 35.5. The van der Waals surface area contributed by atoms with Crippen LogP contribution in [0.1, 0.15) is 16.8 Å². The van der Waals surface area contributed by atoms with Gasteiger partial charge in [-0.25, -0.2) is 9.97 Å². The average Bonchev–Trinajstić information content (AvgIpc) is 2.31. The van der Waals surface area contributed by atoms with Crippen molar-refractivity contribution in [1.82, 2.24) is 9.97 Å². The number of aryl methyl sites for hydroxylation is 2. The van der Waals surface area contributed by atoms with Gasteiger partial charge in [-0.2, -0.15) is 5.26 Å². The van der Waals surface area contributed by atoms with Crippen molar-refractivity contribution in [1.29, 1.82) is 5.26 Å². The number of rotatable bonds is 1. The lowest BCUT2D eigenvalue weighted by Gasteiger charge is -2.06. The zero-order chi connectivity index (χ0) is 12.4. The predicted octanol–water partition coefficient (Wildman–Crippen LogP) is 3.29. The molecule has 1 heterocycles. The molecule has 0 atom stereocenters. The highest BCUT2D eigenvalue weighted by Gasteiger charge is 2.07. The van der Waals surface area contributed by atoms with Crippen molar-refractivity contribution in [2.24, 2.45) is 0 Å². The fourth-order valence-corrected chi connectivity index (χ4v) is 1.81. The van der Waals surface area contributed by atoms with Crippen LogP contribution in [0.4, 0.5) is 0 Å². The van der Waals surface area contributed by atoms with E-state index in [-0.39, 0.29) is 11.0 Å². The van der Waals surface area contributed by atoms with Crippen LogP contribution in [-0.4, -0.2) is 9.97 Å². The van der Waals surface area contributed by atoms with Crippen LogP contribution in [0.2, 0.25) is 5.28 Å². The molecule has 84 valence electrons. The smallest absolute Gasteiger partial charge is 0.218 e. The number of nitriles is 1. The van der Waals surface area contributed by atoms with Gasteiger partial charge in [-0.15, -0.1) is 0 Å². The Balaban J connectivity index is 2.64. The Morgan fingerprint density at radius 3 is 2.65 bits per heavy atom. The Hall–Kier alpha value is -1.92. The molecule has 0 N–H and O–H groups in total. The molecule has 0 fully saturated rings. The molecular weight excluding hydrogens is 234 g/mol. The highest BCUT2D eigenvalue weighted by Crippen LogP contribution is 2.24. The number of hydrogen-bond acceptors (Lipinski definition) is 3. The van der Waals surface area contributed by atoms with Gasteiger partial charge in [0.2, 0.25) is 5.28 Å². The van der Waals surface area contributed by atoms with E-state index < -0.39 is 0 Å². The van der Waals surface area contributed by atoms with Crippen LogP contribution in [0.3, 0.4) is 0 Å². The Bertz CT molecular complexity index is 615. The van der Waals surface area contributed by atoms with Crippen LogP contribution in [0.15, 0.2) is 24.3 Å². The fourth-order valence-electron chi connectivity index (χ4n) is 1.62. The summed E-state index contributed by atoms with van der Waals surface area (Å²) in [7, 11) is 0. The van der Waals surface area contributed by atoms with E-state index in [1.807, 2.05) is 38.1 Å². The minimum Gasteiger partial charge on any atom is -0.218 e. The second kappa shape index (κ2) is 4.52. The van der Waals surface area contributed by atoms with Crippen LogP contribution in [0.25, 0.3) is 11.3 Å². The third-order valence-electron chi connectivity index (χ3n) is 2.48. The molecular formula is C13H10ClN3. The molecule has 0 unspecified atom stereocenters. The van der Waals surface area contributed by atoms with Gasteiger partial charge in [-0.3, -0.25) is 0 Å². The minimum atomic E-state index is 0.0972. The van der Waals surface area contributed by atoms with E-state index in [0.29, 0.717) is 5.69 Å². The number of aromatic nitrogens is 2. The first kappa shape index (κ1) is 11.6. The zero-order valence-electron chi connectivity index (χ0n) is 9.53. The summed E-state index contributed by atoms with van der Waals surface area (Å²) in [6, 6.07) is 9.70. The predicted molar refractivity (Wildman–Crippen MR) is 66.7 cm³/mol. The standard InChI is InChI=1S/C13H10ClN3/c1-8-3-4-9(2)11(5-8)12-6-10(7-15)16-13(14)17-12/h3-6H,1-2H3. The molecule has 0 aliphatic heterocycles. The van der Waals surface area contributed by atoms with E-state index in [9.17, 15) is 0 Å². The molecule has 3 nitrogen and oxygen atoms in total. The molecule has 4 heteroatoms. The molecule has 0 aliphatic rings. The van der Waals surface area contributed by atoms with Crippen molar-refractivity contribution in [2.75, 3.05) is 0 Å². The topological polar surface area (TPSA) is 49.6 Å². The summed E-state index contributed by atoms with van der Waals surface area (Å²) in [6.07, 6.45) is 0. The van der Waals surface area contributed by atoms with Crippen LogP contribution < -0.4 is 0 Å². The number of benzene rings is 1. The van der Waals surface area contributed by atoms with Gasteiger partial charge >= 0.3 is 0 Å². The molecule has 0 radical (unpaired) electrons. The summed E-state index contributed by atoms with van der Waals surface area (Å²) in [4.78, 5) is 7.98. The molecule has 2 aromatic rings. The SMILES string of the molecule is Cc1ccc(C)c(-c2cc(C#N)nc(Cl)n2)c1. The Kier molecular flexibility index (Phi) is 3.08. The lowest BCUT2D eigenvalue weighted by Crippen LogP contribution is -1.93. The first-order chi connectivity index (χ1) is 8.10. The van der Waals surface area contributed by atoms with Gasteiger partial charge in [-0.05, 0) is 37.1 Å².